The van der Waals surface area contributed by atoms with Gasteiger partial charge in [0.05, 0.1) is 0 Å². The molecule has 1 aromatic rings. The second kappa shape index (κ2) is 3.58. The lowest BCUT2D eigenvalue weighted by molar-refractivity contribution is 0.389. The van der Waals surface area contributed by atoms with Gasteiger partial charge in [-0.25, -0.2) is 0 Å². The van der Waals surface area contributed by atoms with E-state index in [4.69, 9.17) is 5.73 Å². The predicted molar refractivity (Wildman–Crippen MR) is 53.5 cm³/mol. The first-order chi connectivity index (χ1) is 5.88. The molecule has 0 aromatic carbocycles. The van der Waals surface area contributed by atoms with Gasteiger partial charge in [0.15, 0.2) is 0 Å². The topological polar surface area (TPSA) is 26.0 Å². The Hall–Kier alpha value is -0.340. The monoisotopic (exact) mass is 181 g/mol. The van der Waals surface area contributed by atoms with Gasteiger partial charge >= 0.3 is 0 Å². The normalized spacial score (nSPS) is 30.4. The molecule has 1 heterocycles. The van der Waals surface area contributed by atoms with Gasteiger partial charge in [-0.2, -0.15) is 0 Å². The molecule has 0 spiro atoms. The molecule has 0 aliphatic heterocycles. The summed E-state index contributed by atoms with van der Waals surface area (Å²) in [6, 6.07) is 4.76. The van der Waals surface area contributed by atoms with E-state index < -0.39 is 0 Å². The van der Waals surface area contributed by atoms with E-state index in [0.717, 1.165) is 0 Å². The Kier molecular flexibility index (Phi) is 2.47. The zero-order valence-corrected chi connectivity index (χ0v) is 8.02. The maximum absolute atomic E-state index is 6.08. The fourth-order valence-electron chi connectivity index (χ4n) is 2.02. The van der Waals surface area contributed by atoms with Crippen LogP contribution in [0.15, 0.2) is 17.5 Å². The lowest BCUT2D eigenvalue weighted by Crippen LogP contribution is -2.30. The predicted octanol–water partition coefficient (Wildman–Crippen LogP) is 2.73. The van der Waals surface area contributed by atoms with Crippen molar-refractivity contribution in [2.45, 2.75) is 37.6 Å². The quantitative estimate of drug-likeness (QED) is 0.708. The van der Waals surface area contributed by atoms with Gasteiger partial charge in [-0.15, -0.1) is 11.3 Å². The molecule has 12 heavy (non-hydrogen) atoms. The first-order valence-electron chi connectivity index (χ1n) is 4.67. The van der Waals surface area contributed by atoms with Crippen LogP contribution in [0.2, 0.25) is 0 Å². The molecule has 1 nitrogen and oxygen atoms in total. The molecule has 66 valence electrons. The maximum atomic E-state index is 6.08. The van der Waals surface area contributed by atoms with E-state index in [1.807, 2.05) is 11.3 Å². The molecule has 1 aliphatic rings. The summed E-state index contributed by atoms with van der Waals surface area (Å²) in [4.78, 5) is 1.49. The fraction of sp³-hybridized carbons (Fsp3) is 0.600. The average molecular weight is 181 g/mol. The van der Waals surface area contributed by atoms with Crippen LogP contribution in [0.4, 0.5) is 0 Å². The van der Waals surface area contributed by atoms with Gasteiger partial charge in [0.2, 0.25) is 0 Å². The summed E-state index contributed by atoms with van der Waals surface area (Å²) in [5.74, 6) is 0.652. The molecule has 0 unspecified atom stereocenters. The molecule has 0 bridgehead atoms. The van der Waals surface area contributed by atoms with Crippen molar-refractivity contribution in [1.29, 1.82) is 0 Å². The summed E-state index contributed by atoms with van der Waals surface area (Å²) < 4.78 is 0. The first kappa shape index (κ1) is 8.27. The zero-order valence-electron chi connectivity index (χ0n) is 7.20. The highest BCUT2D eigenvalue weighted by Gasteiger charge is 2.23. The van der Waals surface area contributed by atoms with E-state index in [2.05, 4.69) is 17.5 Å². The van der Waals surface area contributed by atoms with Crippen LogP contribution in [0.5, 0.6) is 0 Å². The van der Waals surface area contributed by atoms with Crippen molar-refractivity contribution in [2.75, 3.05) is 0 Å². The number of rotatable bonds is 1. The molecule has 2 atom stereocenters. The lowest BCUT2D eigenvalue weighted by atomic mass is 9.84. The van der Waals surface area contributed by atoms with Crippen molar-refractivity contribution in [3.63, 3.8) is 0 Å². The molecular formula is C10H15NS. The summed E-state index contributed by atoms with van der Waals surface area (Å²) in [6.45, 7) is 0. The number of nitrogens with two attached hydrogens (primary N) is 1. The Bertz CT molecular complexity index is 230. The Labute approximate surface area is 77.6 Å². The lowest BCUT2D eigenvalue weighted by Gasteiger charge is -2.27. The van der Waals surface area contributed by atoms with E-state index in [9.17, 15) is 0 Å². The Morgan fingerprint density at radius 3 is 2.83 bits per heavy atom. The number of hydrogen-bond donors (Lipinski definition) is 1. The minimum Gasteiger partial charge on any atom is -0.327 e. The third-order valence-electron chi connectivity index (χ3n) is 2.73. The van der Waals surface area contributed by atoms with Crippen molar-refractivity contribution in [3.05, 3.63) is 22.4 Å². The highest BCUT2D eigenvalue weighted by molar-refractivity contribution is 7.10. The standard InChI is InChI=1S/C10H15NS/c11-9-5-2-1-4-8(9)10-6-3-7-12-10/h3,6-9H,1-2,4-5,11H2/t8-,9-/m0/s1. The smallest absolute Gasteiger partial charge is 0.0116 e. The third-order valence-corrected chi connectivity index (χ3v) is 3.73. The molecule has 2 N–H and O–H groups in total. The first-order valence-corrected chi connectivity index (χ1v) is 5.55. The zero-order chi connectivity index (χ0) is 8.39. The van der Waals surface area contributed by atoms with E-state index >= 15 is 0 Å². The third kappa shape index (κ3) is 1.54. The highest BCUT2D eigenvalue weighted by atomic mass is 32.1. The Morgan fingerprint density at radius 1 is 1.33 bits per heavy atom. The van der Waals surface area contributed by atoms with Crippen LogP contribution in [0, 0.1) is 0 Å². The minimum atomic E-state index is 0.414. The van der Waals surface area contributed by atoms with Crippen LogP contribution in [-0.2, 0) is 0 Å². The van der Waals surface area contributed by atoms with E-state index in [0.29, 0.717) is 12.0 Å². The van der Waals surface area contributed by atoms with Crippen molar-refractivity contribution >= 4 is 11.3 Å². The summed E-state index contributed by atoms with van der Waals surface area (Å²) in [7, 11) is 0. The van der Waals surface area contributed by atoms with Gasteiger partial charge in [-0.1, -0.05) is 18.9 Å². The number of hydrogen-bond acceptors (Lipinski definition) is 2. The second-order valence-corrected chi connectivity index (χ2v) is 4.55. The highest BCUT2D eigenvalue weighted by Crippen LogP contribution is 2.34. The molecule has 1 aromatic heterocycles. The Morgan fingerprint density at radius 2 is 2.17 bits per heavy atom. The molecular weight excluding hydrogens is 166 g/mol. The molecule has 1 saturated carbocycles. The molecule has 2 rings (SSSR count). The van der Waals surface area contributed by atoms with Crippen molar-refractivity contribution < 1.29 is 0 Å². The second-order valence-electron chi connectivity index (χ2n) is 3.57. The van der Waals surface area contributed by atoms with E-state index in [1.165, 1.54) is 30.6 Å². The van der Waals surface area contributed by atoms with Crippen LogP contribution in [0.3, 0.4) is 0 Å². The van der Waals surface area contributed by atoms with Gasteiger partial charge in [-0.3, -0.25) is 0 Å². The molecule has 1 aliphatic carbocycles. The van der Waals surface area contributed by atoms with Gasteiger partial charge in [0, 0.05) is 16.8 Å². The van der Waals surface area contributed by atoms with Crippen LogP contribution in [0.1, 0.15) is 36.5 Å². The summed E-state index contributed by atoms with van der Waals surface area (Å²) in [6.07, 6.45) is 5.18. The molecule has 0 radical (unpaired) electrons. The Balaban J connectivity index is 2.11. The molecule has 0 amide bonds. The molecule has 1 fully saturated rings. The molecule has 2 heteroatoms. The van der Waals surface area contributed by atoms with Gasteiger partial charge in [0.25, 0.3) is 0 Å². The average Bonchev–Trinajstić information content (AvgIpc) is 2.57. The van der Waals surface area contributed by atoms with Crippen LogP contribution >= 0.6 is 11.3 Å². The molecule has 0 saturated heterocycles. The van der Waals surface area contributed by atoms with Crippen molar-refractivity contribution in [1.82, 2.24) is 0 Å². The van der Waals surface area contributed by atoms with Gasteiger partial charge < -0.3 is 5.73 Å². The summed E-state index contributed by atoms with van der Waals surface area (Å²) >= 11 is 1.85. The SMILES string of the molecule is N[C@H]1CCCC[C@@H]1c1cccs1. The largest absolute Gasteiger partial charge is 0.327 e. The van der Waals surface area contributed by atoms with Crippen LogP contribution in [0.25, 0.3) is 0 Å². The van der Waals surface area contributed by atoms with Crippen LogP contribution in [-0.4, -0.2) is 6.04 Å². The van der Waals surface area contributed by atoms with Gasteiger partial charge in [-0.05, 0) is 24.3 Å². The fourth-order valence-corrected chi connectivity index (χ4v) is 2.95. The van der Waals surface area contributed by atoms with E-state index in [-0.39, 0.29) is 0 Å². The van der Waals surface area contributed by atoms with Gasteiger partial charge in [0.1, 0.15) is 0 Å². The summed E-state index contributed by atoms with van der Waals surface area (Å²) in [5.41, 5.74) is 6.08. The van der Waals surface area contributed by atoms with Crippen molar-refractivity contribution in [3.8, 4) is 0 Å². The summed E-state index contributed by atoms with van der Waals surface area (Å²) in [5, 5.41) is 2.15. The van der Waals surface area contributed by atoms with Crippen molar-refractivity contribution in [2.24, 2.45) is 5.73 Å². The maximum Gasteiger partial charge on any atom is 0.0116 e. The van der Waals surface area contributed by atoms with E-state index in [1.54, 1.807) is 0 Å². The minimum absolute atomic E-state index is 0.414. The van der Waals surface area contributed by atoms with Crippen LogP contribution < -0.4 is 5.73 Å². The number of thiophene rings is 1.